The van der Waals surface area contributed by atoms with Gasteiger partial charge in [0.05, 0.1) is 25.4 Å². The van der Waals surface area contributed by atoms with Crippen molar-refractivity contribution in [2.45, 2.75) is 26.5 Å². The van der Waals surface area contributed by atoms with Crippen LogP contribution in [0.5, 0.6) is 0 Å². The summed E-state index contributed by atoms with van der Waals surface area (Å²) in [6.07, 6.45) is -0.226. The largest absolute Gasteiger partial charge is 0.370 e. The van der Waals surface area contributed by atoms with E-state index in [9.17, 15) is 4.79 Å². The Morgan fingerprint density at radius 1 is 1.20 bits per heavy atom. The maximum Gasteiger partial charge on any atom is 0.322 e. The van der Waals surface area contributed by atoms with Gasteiger partial charge in [-0.15, -0.1) is 0 Å². The minimum absolute atomic E-state index is 0.140. The average Bonchev–Trinajstić information content (AvgIpc) is 3.05. The highest BCUT2D eigenvalue weighted by Gasteiger charge is 2.26. The maximum atomic E-state index is 12.9. The van der Waals surface area contributed by atoms with Gasteiger partial charge in [-0.3, -0.25) is 4.68 Å². The summed E-state index contributed by atoms with van der Waals surface area (Å²) < 4.78 is 7.82. The zero-order valence-electron chi connectivity index (χ0n) is 17.1. The Balaban J connectivity index is 1.42. The van der Waals surface area contributed by atoms with Gasteiger partial charge in [0.1, 0.15) is 6.10 Å². The molecule has 1 saturated heterocycles. The van der Waals surface area contributed by atoms with E-state index in [2.05, 4.69) is 16.5 Å². The summed E-state index contributed by atoms with van der Waals surface area (Å²) in [7, 11) is 0. The fourth-order valence-corrected chi connectivity index (χ4v) is 3.97. The predicted molar refractivity (Wildman–Crippen MR) is 118 cm³/mol. The number of carbonyl (C=O) groups is 1. The lowest BCUT2D eigenvalue weighted by Gasteiger charge is -2.33. The van der Waals surface area contributed by atoms with Crippen LogP contribution in [0, 0.1) is 13.8 Å². The first-order chi connectivity index (χ1) is 14.5. The number of amides is 2. The van der Waals surface area contributed by atoms with Gasteiger partial charge in [-0.25, -0.2) is 4.79 Å². The standard InChI is InChI=1S/C23H25ClN4O2/c1-16-12-17(2)28(26-16)14-18-6-5-7-19(13-18)25-23(29)27-10-11-30-22(15-27)20-8-3-4-9-21(20)24/h3-9,12-13,22H,10-11,14-15H2,1-2H3,(H,25,29). The second-order valence-corrected chi connectivity index (χ2v) is 7.95. The number of aryl methyl sites for hydroxylation is 2. The molecule has 1 fully saturated rings. The van der Waals surface area contributed by atoms with Crippen molar-refractivity contribution in [3.63, 3.8) is 0 Å². The number of benzene rings is 2. The van der Waals surface area contributed by atoms with Crippen LogP contribution < -0.4 is 5.32 Å². The molecule has 2 amide bonds. The second-order valence-electron chi connectivity index (χ2n) is 7.54. The molecule has 0 aliphatic carbocycles. The fraction of sp³-hybridized carbons (Fsp3) is 0.304. The first kappa shape index (κ1) is 20.4. The molecule has 0 radical (unpaired) electrons. The molecule has 1 N–H and O–H groups in total. The second kappa shape index (κ2) is 8.90. The van der Waals surface area contributed by atoms with Crippen LogP contribution in [-0.2, 0) is 11.3 Å². The van der Waals surface area contributed by atoms with Crippen LogP contribution in [0.3, 0.4) is 0 Å². The lowest BCUT2D eigenvalue weighted by atomic mass is 10.1. The highest BCUT2D eigenvalue weighted by Crippen LogP contribution is 2.28. The zero-order chi connectivity index (χ0) is 21.1. The molecule has 4 rings (SSSR count). The van der Waals surface area contributed by atoms with Crippen molar-refractivity contribution in [1.82, 2.24) is 14.7 Å². The minimum Gasteiger partial charge on any atom is -0.370 e. The van der Waals surface area contributed by atoms with Crippen molar-refractivity contribution in [1.29, 1.82) is 0 Å². The molecule has 2 heterocycles. The summed E-state index contributed by atoms with van der Waals surface area (Å²) in [4.78, 5) is 14.6. The molecule has 0 spiro atoms. The van der Waals surface area contributed by atoms with E-state index >= 15 is 0 Å². The van der Waals surface area contributed by atoms with Gasteiger partial charge in [0, 0.05) is 28.5 Å². The molecule has 1 unspecified atom stereocenters. The van der Waals surface area contributed by atoms with Gasteiger partial charge in [0.25, 0.3) is 0 Å². The van der Waals surface area contributed by atoms with Gasteiger partial charge in [-0.05, 0) is 43.7 Å². The van der Waals surface area contributed by atoms with E-state index in [1.54, 1.807) is 4.90 Å². The number of nitrogens with one attached hydrogen (secondary N) is 1. The molecule has 2 aromatic carbocycles. The van der Waals surface area contributed by atoms with E-state index < -0.39 is 0 Å². The van der Waals surface area contributed by atoms with Crippen LogP contribution in [0.15, 0.2) is 54.6 Å². The van der Waals surface area contributed by atoms with E-state index in [0.29, 0.717) is 31.3 Å². The van der Waals surface area contributed by atoms with Crippen LogP contribution in [0.25, 0.3) is 0 Å². The van der Waals surface area contributed by atoms with E-state index in [1.165, 1.54) is 0 Å². The van der Waals surface area contributed by atoms with Gasteiger partial charge in [-0.2, -0.15) is 5.10 Å². The third kappa shape index (κ3) is 4.66. The summed E-state index contributed by atoms with van der Waals surface area (Å²) >= 11 is 6.30. The average molecular weight is 425 g/mol. The molecule has 1 aliphatic rings. The Bertz CT molecular complexity index is 1050. The molecule has 3 aromatic rings. The first-order valence-electron chi connectivity index (χ1n) is 10.0. The van der Waals surface area contributed by atoms with Crippen molar-refractivity contribution in [3.05, 3.63) is 82.1 Å². The summed E-state index contributed by atoms with van der Waals surface area (Å²) in [6, 6.07) is 17.4. The van der Waals surface area contributed by atoms with E-state index in [-0.39, 0.29) is 12.1 Å². The van der Waals surface area contributed by atoms with E-state index in [4.69, 9.17) is 16.3 Å². The van der Waals surface area contributed by atoms with Crippen molar-refractivity contribution < 1.29 is 9.53 Å². The minimum atomic E-state index is -0.226. The molecular formula is C23H25ClN4O2. The van der Waals surface area contributed by atoms with E-state index in [1.807, 2.05) is 67.1 Å². The number of urea groups is 1. The monoisotopic (exact) mass is 424 g/mol. The molecule has 30 heavy (non-hydrogen) atoms. The summed E-state index contributed by atoms with van der Waals surface area (Å²) in [6.45, 7) is 6.16. The fourth-order valence-electron chi connectivity index (χ4n) is 3.72. The predicted octanol–water partition coefficient (Wildman–Crippen LogP) is 4.81. The van der Waals surface area contributed by atoms with Gasteiger partial charge in [0.2, 0.25) is 0 Å². The molecule has 0 bridgehead atoms. The normalized spacial score (nSPS) is 16.5. The molecule has 1 atom stereocenters. The third-order valence-corrected chi connectivity index (χ3v) is 5.56. The molecule has 1 aliphatic heterocycles. The van der Waals surface area contributed by atoms with Crippen molar-refractivity contribution >= 4 is 23.3 Å². The highest BCUT2D eigenvalue weighted by molar-refractivity contribution is 6.31. The quantitative estimate of drug-likeness (QED) is 0.654. The lowest BCUT2D eigenvalue weighted by Crippen LogP contribution is -2.44. The molecule has 1 aromatic heterocycles. The Morgan fingerprint density at radius 3 is 2.80 bits per heavy atom. The van der Waals surface area contributed by atoms with Gasteiger partial charge in [-0.1, -0.05) is 41.9 Å². The molecule has 156 valence electrons. The van der Waals surface area contributed by atoms with Crippen LogP contribution in [-0.4, -0.2) is 40.4 Å². The maximum absolute atomic E-state index is 12.9. The molecule has 0 saturated carbocycles. The van der Waals surface area contributed by atoms with Crippen LogP contribution in [0.4, 0.5) is 10.5 Å². The zero-order valence-corrected chi connectivity index (χ0v) is 17.9. The topological polar surface area (TPSA) is 59.4 Å². The highest BCUT2D eigenvalue weighted by atomic mass is 35.5. The lowest BCUT2D eigenvalue weighted by molar-refractivity contribution is -0.0134. The number of halogens is 1. The van der Waals surface area contributed by atoms with Gasteiger partial charge < -0.3 is 15.0 Å². The van der Waals surface area contributed by atoms with Crippen LogP contribution >= 0.6 is 11.6 Å². The Labute approximate surface area is 181 Å². The Morgan fingerprint density at radius 2 is 2.03 bits per heavy atom. The number of ether oxygens (including phenoxy) is 1. The number of nitrogens with zero attached hydrogens (tertiary/aromatic N) is 3. The molecule has 6 nitrogen and oxygen atoms in total. The van der Waals surface area contributed by atoms with Gasteiger partial charge in [0.15, 0.2) is 0 Å². The van der Waals surface area contributed by atoms with Crippen LogP contribution in [0.1, 0.15) is 28.6 Å². The van der Waals surface area contributed by atoms with Crippen molar-refractivity contribution in [2.24, 2.45) is 0 Å². The van der Waals surface area contributed by atoms with Crippen molar-refractivity contribution in [3.8, 4) is 0 Å². The molecular weight excluding hydrogens is 400 g/mol. The third-order valence-electron chi connectivity index (χ3n) is 5.22. The van der Waals surface area contributed by atoms with E-state index in [0.717, 1.165) is 28.2 Å². The smallest absolute Gasteiger partial charge is 0.322 e. The Kier molecular flexibility index (Phi) is 6.06. The number of anilines is 1. The number of carbonyl (C=O) groups excluding carboxylic acids is 1. The first-order valence-corrected chi connectivity index (χ1v) is 10.4. The van der Waals surface area contributed by atoms with Gasteiger partial charge >= 0.3 is 6.03 Å². The number of aromatic nitrogens is 2. The number of hydrogen-bond donors (Lipinski definition) is 1. The number of rotatable bonds is 4. The summed E-state index contributed by atoms with van der Waals surface area (Å²) in [5, 5.41) is 8.18. The summed E-state index contributed by atoms with van der Waals surface area (Å²) in [5.41, 5.74) is 4.86. The molecule has 7 heteroatoms. The van der Waals surface area contributed by atoms with Crippen LogP contribution in [0.2, 0.25) is 5.02 Å². The SMILES string of the molecule is Cc1cc(C)n(Cc2cccc(NC(=O)N3CCOC(c4ccccc4Cl)C3)c2)n1. The number of hydrogen-bond acceptors (Lipinski definition) is 3. The number of morpholine rings is 1. The van der Waals surface area contributed by atoms with Crippen molar-refractivity contribution in [2.75, 3.05) is 25.0 Å². The Hall–Kier alpha value is -2.83. The summed E-state index contributed by atoms with van der Waals surface area (Å²) in [5.74, 6) is 0.